The monoisotopic (exact) mass is 499 g/mol. The Hall–Kier alpha value is -1.03. The molecule has 128 valence electrons. The number of carboxylic acid groups (broad SMARTS) is 1. The fraction of sp³-hybridized carbons (Fsp3) is 0.467. The van der Waals surface area contributed by atoms with E-state index in [9.17, 15) is 14.7 Å². The predicted molar refractivity (Wildman–Crippen MR) is 97.9 cm³/mol. The first-order valence-electron chi connectivity index (χ1n) is 6.77. The zero-order valence-electron chi connectivity index (χ0n) is 13.3. The van der Waals surface area contributed by atoms with Gasteiger partial charge in [0, 0.05) is 6.42 Å². The highest BCUT2D eigenvalue weighted by atomic mass is 127. The fourth-order valence-corrected chi connectivity index (χ4v) is 3.76. The second kappa shape index (κ2) is 8.18. The summed E-state index contributed by atoms with van der Waals surface area (Å²) in [6, 6.07) is 2.51. The van der Waals surface area contributed by atoms with E-state index in [0.717, 1.165) is 13.6 Å². The van der Waals surface area contributed by atoms with Crippen LogP contribution in [0.2, 0.25) is 0 Å². The Kier molecular flexibility index (Phi) is 7.12. The van der Waals surface area contributed by atoms with Crippen molar-refractivity contribution in [1.29, 1.82) is 0 Å². The van der Waals surface area contributed by atoms with Crippen LogP contribution in [0.4, 0.5) is 4.79 Å². The lowest BCUT2D eigenvalue weighted by Crippen LogP contribution is -2.44. The Morgan fingerprint density at radius 2 is 2.00 bits per heavy atom. The second-order valence-corrected chi connectivity index (χ2v) is 7.85. The molecule has 1 unspecified atom stereocenters. The van der Waals surface area contributed by atoms with Gasteiger partial charge in [0.15, 0.2) is 0 Å². The first kappa shape index (κ1) is 20.0. The van der Waals surface area contributed by atoms with Gasteiger partial charge < -0.3 is 19.9 Å². The molecule has 2 N–H and O–H groups in total. The maximum atomic E-state index is 11.8. The van der Waals surface area contributed by atoms with Crippen LogP contribution in [-0.4, -0.2) is 35.9 Å². The van der Waals surface area contributed by atoms with Crippen molar-refractivity contribution in [2.24, 2.45) is 0 Å². The van der Waals surface area contributed by atoms with Crippen molar-refractivity contribution in [2.75, 3.05) is 7.11 Å². The molecule has 1 aromatic rings. The van der Waals surface area contributed by atoms with Gasteiger partial charge in [-0.05, 0) is 77.0 Å². The number of carbonyl (C=O) groups is 2. The Morgan fingerprint density at radius 1 is 1.39 bits per heavy atom. The van der Waals surface area contributed by atoms with Crippen LogP contribution >= 0.6 is 38.5 Å². The Balaban J connectivity index is 2.89. The number of hydrogen-bond donors (Lipinski definition) is 2. The molecule has 0 heterocycles. The molecule has 23 heavy (non-hydrogen) atoms. The van der Waals surface area contributed by atoms with Gasteiger partial charge in [-0.25, -0.2) is 9.59 Å². The number of rotatable bonds is 5. The largest absolute Gasteiger partial charge is 0.494 e. The number of carbonyl (C=O) groups excluding carboxylic acids is 1. The van der Waals surface area contributed by atoms with Crippen LogP contribution in [0.25, 0.3) is 0 Å². The summed E-state index contributed by atoms with van der Waals surface area (Å²) in [6.45, 7) is 5.14. The summed E-state index contributed by atoms with van der Waals surface area (Å²) in [4.78, 5) is 23.2. The SMILES string of the molecule is COc1c(Br)cc(CC(NC(=O)OC(C)(C)C)C(=O)O)cc1I. The molecular formula is C15H19BrINO5. The van der Waals surface area contributed by atoms with Crippen molar-refractivity contribution >= 4 is 50.6 Å². The zero-order valence-corrected chi connectivity index (χ0v) is 17.0. The predicted octanol–water partition coefficient (Wildman–Crippen LogP) is 3.58. The smallest absolute Gasteiger partial charge is 0.408 e. The average Bonchev–Trinajstić information content (AvgIpc) is 2.35. The summed E-state index contributed by atoms with van der Waals surface area (Å²) in [5.74, 6) is -0.445. The molecule has 0 radical (unpaired) electrons. The number of amides is 1. The van der Waals surface area contributed by atoms with Gasteiger partial charge in [0.2, 0.25) is 0 Å². The van der Waals surface area contributed by atoms with Crippen molar-refractivity contribution < 1.29 is 24.2 Å². The van der Waals surface area contributed by atoms with Gasteiger partial charge in [-0.1, -0.05) is 0 Å². The van der Waals surface area contributed by atoms with Gasteiger partial charge in [-0.3, -0.25) is 0 Å². The summed E-state index contributed by atoms with van der Waals surface area (Å²) in [5.41, 5.74) is 0.0663. The number of hydrogen-bond acceptors (Lipinski definition) is 4. The molecule has 1 amide bonds. The normalized spacial score (nSPS) is 12.4. The van der Waals surface area contributed by atoms with E-state index >= 15 is 0 Å². The van der Waals surface area contributed by atoms with E-state index in [1.165, 1.54) is 0 Å². The average molecular weight is 500 g/mol. The van der Waals surface area contributed by atoms with E-state index in [1.807, 2.05) is 6.07 Å². The summed E-state index contributed by atoms with van der Waals surface area (Å²) >= 11 is 5.49. The van der Waals surface area contributed by atoms with Crippen LogP contribution < -0.4 is 10.1 Å². The van der Waals surface area contributed by atoms with Crippen LogP contribution in [0.5, 0.6) is 5.75 Å². The summed E-state index contributed by atoms with van der Waals surface area (Å²) in [7, 11) is 1.56. The highest BCUT2D eigenvalue weighted by molar-refractivity contribution is 14.1. The molecule has 0 fully saturated rings. The minimum absolute atomic E-state index is 0.132. The van der Waals surface area contributed by atoms with Gasteiger partial charge in [0.05, 0.1) is 15.2 Å². The van der Waals surface area contributed by atoms with Crippen molar-refractivity contribution in [3.63, 3.8) is 0 Å². The number of halogens is 2. The Labute approximate surface area is 157 Å². The van der Waals surface area contributed by atoms with E-state index in [1.54, 1.807) is 33.9 Å². The number of ether oxygens (including phenoxy) is 2. The minimum atomic E-state index is -1.13. The Bertz CT molecular complexity index is 577. The molecular weight excluding hydrogens is 481 g/mol. The molecule has 0 saturated heterocycles. The van der Waals surface area contributed by atoms with Crippen molar-refractivity contribution in [2.45, 2.75) is 38.8 Å². The topological polar surface area (TPSA) is 84.9 Å². The first-order valence-corrected chi connectivity index (χ1v) is 8.65. The number of aliphatic carboxylic acids is 1. The Morgan fingerprint density at radius 3 is 2.43 bits per heavy atom. The molecule has 0 saturated carbocycles. The zero-order chi connectivity index (χ0) is 17.8. The molecule has 0 bridgehead atoms. The second-order valence-electron chi connectivity index (χ2n) is 5.83. The quantitative estimate of drug-likeness (QED) is 0.605. The molecule has 0 aliphatic carbocycles. The number of alkyl carbamates (subject to hydrolysis) is 1. The molecule has 1 aromatic carbocycles. The number of carboxylic acids is 1. The third-order valence-electron chi connectivity index (χ3n) is 2.69. The molecule has 8 heteroatoms. The van der Waals surface area contributed by atoms with Gasteiger partial charge in [0.1, 0.15) is 17.4 Å². The lowest BCUT2D eigenvalue weighted by atomic mass is 10.1. The molecule has 0 aromatic heterocycles. The van der Waals surface area contributed by atoms with E-state index < -0.39 is 23.7 Å². The van der Waals surface area contributed by atoms with E-state index in [0.29, 0.717) is 5.75 Å². The maximum Gasteiger partial charge on any atom is 0.408 e. The molecule has 1 atom stereocenters. The molecule has 1 rings (SSSR count). The van der Waals surface area contributed by atoms with Crippen LogP contribution in [-0.2, 0) is 16.0 Å². The van der Waals surface area contributed by atoms with Crippen LogP contribution in [0, 0.1) is 3.57 Å². The van der Waals surface area contributed by atoms with Crippen molar-refractivity contribution in [3.8, 4) is 5.75 Å². The third kappa shape index (κ3) is 6.54. The lowest BCUT2D eigenvalue weighted by molar-refractivity contribution is -0.139. The standard InChI is InChI=1S/C15H19BrINO5/c1-15(2,3)23-14(21)18-11(13(19)20)7-8-5-9(16)12(22-4)10(17)6-8/h5-6,11H,7H2,1-4H3,(H,18,21)(H,19,20). The van der Waals surface area contributed by atoms with Gasteiger partial charge in [-0.2, -0.15) is 0 Å². The molecule has 6 nitrogen and oxygen atoms in total. The number of methoxy groups -OCH3 is 1. The van der Waals surface area contributed by atoms with E-state index in [4.69, 9.17) is 9.47 Å². The third-order valence-corrected chi connectivity index (χ3v) is 4.08. The van der Waals surface area contributed by atoms with Gasteiger partial charge in [0.25, 0.3) is 0 Å². The summed E-state index contributed by atoms with van der Waals surface area (Å²) in [6.07, 6.45) is -0.625. The maximum absolute atomic E-state index is 11.8. The van der Waals surface area contributed by atoms with Crippen LogP contribution in [0.1, 0.15) is 26.3 Å². The first-order chi connectivity index (χ1) is 10.5. The van der Waals surface area contributed by atoms with Gasteiger partial charge in [-0.15, -0.1) is 0 Å². The summed E-state index contributed by atoms with van der Waals surface area (Å²) in [5, 5.41) is 11.7. The van der Waals surface area contributed by atoms with E-state index in [2.05, 4.69) is 43.8 Å². The van der Waals surface area contributed by atoms with Crippen molar-refractivity contribution in [1.82, 2.24) is 5.32 Å². The number of nitrogens with one attached hydrogen (secondary N) is 1. The number of benzene rings is 1. The van der Waals surface area contributed by atoms with E-state index in [-0.39, 0.29) is 6.42 Å². The molecule has 0 aliphatic heterocycles. The fourth-order valence-electron chi connectivity index (χ4n) is 1.81. The molecule has 0 aliphatic rings. The highest BCUT2D eigenvalue weighted by Gasteiger charge is 2.24. The van der Waals surface area contributed by atoms with Crippen LogP contribution in [0.3, 0.4) is 0 Å². The lowest BCUT2D eigenvalue weighted by Gasteiger charge is -2.22. The molecule has 0 spiro atoms. The van der Waals surface area contributed by atoms with Crippen LogP contribution in [0.15, 0.2) is 16.6 Å². The van der Waals surface area contributed by atoms with Gasteiger partial charge >= 0.3 is 12.1 Å². The summed E-state index contributed by atoms with van der Waals surface area (Å²) < 4.78 is 11.9. The minimum Gasteiger partial charge on any atom is -0.494 e. The highest BCUT2D eigenvalue weighted by Crippen LogP contribution is 2.32. The van der Waals surface area contributed by atoms with Crippen molar-refractivity contribution in [3.05, 3.63) is 25.7 Å².